The van der Waals surface area contributed by atoms with E-state index in [2.05, 4.69) is 9.62 Å². The molecule has 0 aromatic heterocycles. The van der Waals surface area contributed by atoms with Gasteiger partial charge in [-0.15, -0.1) is 0 Å². The molecule has 0 unspecified atom stereocenters. The van der Waals surface area contributed by atoms with Crippen LogP contribution < -0.4 is 4.72 Å². The van der Waals surface area contributed by atoms with E-state index >= 15 is 0 Å². The van der Waals surface area contributed by atoms with Crippen LogP contribution in [0.5, 0.6) is 0 Å². The second-order valence-electron chi connectivity index (χ2n) is 8.28. The van der Waals surface area contributed by atoms with Gasteiger partial charge in [0.25, 0.3) is 0 Å². The predicted octanol–water partition coefficient (Wildman–Crippen LogP) is 1.61. The number of rotatable bonds is 5. The van der Waals surface area contributed by atoms with Crippen LogP contribution in [0.15, 0.2) is 0 Å². The second-order valence-corrected chi connectivity index (χ2v) is 10.1. The van der Waals surface area contributed by atoms with Crippen LogP contribution in [0.25, 0.3) is 0 Å². The number of hydrogen-bond acceptors (Lipinski definition) is 6. The first-order valence-electron chi connectivity index (χ1n) is 10.1. The van der Waals surface area contributed by atoms with Crippen LogP contribution in [-0.4, -0.2) is 87.9 Å². The van der Waals surface area contributed by atoms with E-state index in [1.54, 1.807) is 0 Å². The molecule has 12 heteroatoms. The molecule has 3 aliphatic heterocycles. The minimum atomic E-state index is -5.08. The van der Waals surface area contributed by atoms with Crippen molar-refractivity contribution in [3.8, 4) is 0 Å². The zero-order valence-corrected chi connectivity index (χ0v) is 17.9. The van der Waals surface area contributed by atoms with E-state index in [9.17, 15) is 21.6 Å². The van der Waals surface area contributed by atoms with E-state index in [4.69, 9.17) is 19.4 Å². The first kappa shape index (κ1) is 25.3. The minimum Gasteiger partial charge on any atom is -0.475 e. The van der Waals surface area contributed by atoms with Crippen molar-refractivity contribution in [3.63, 3.8) is 0 Å². The number of nitrogens with one attached hydrogen (secondary N) is 1. The third-order valence-corrected chi connectivity index (χ3v) is 6.33. The molecule has 3 heterocycles. The molecule has 3 fully saturated rings. The quantitative estimate of drug-likeness (QED) is 0.642. The van der Waals surface area contributed by atoms with Crippen molar-refractivity contribution in [2.24, 2.45) is 5.92 Å². The number of likely N-dealkylation sites (tertiary alicyclic amines) is 1. The number of nitrogens with zero attached hydrogens (tertiary/aromatic N) is 1. The second kappa shape index (κ2) is 10.6. The van der Waals surface area contributed by atoms with Crippen molar-refractivity contribution in [2.45, 2.75) is 56.4 Å². The van der Waals surface area contributed by atoms with Crippen molar-refractivity contribution >= 4 is 16.0 Å². The molecule has 2 atom stereocenters. The molecule has 30 heavy (non-hydrogen) atoms. The van der Waals surface area contributed by atoms with E-state index in [0.29, 0.717) is 6.54 Å². The fraction of sp³-hybridized carbons (Fsp3) is 0.944. The van der Waals surface area contributed by atoms with Gasteiger partial charge in [-0.05, 0) is 44.4 Å². The van der Waals surface area contributed by atoms with E-state index in [1.165, 1.54) is 19.1 Å². The van der Waals surface area contributed by atoms with Gasteiger partial charge < -0.3 is 19.5 Å². The number of halogens is 3. The van der Waals surface area contributed by atoms with Crippen molar-refractivity contribution in [1.82, 2.24) is 9.62 Å². The van der Waals surface area contributed by atoms with Gasteiger partial charge >= 0.3 is 12.1 Å². The van der Waals surface area contributed by atoms with Gasteiger partial charge in [0.15, 0.2) is 0 Å². The number of carboxylic acids is 1. The number of alkyl halides is 3. The summed E-state index contributed by atoms with van der Waals surface area (Å²) in [6.45, 7) is 5.46. The lowest BCUT2D eigenvalue weighted by Crippen LogP contribution is -2.47. The predicted molar refractivity (Wildman–Crippen MR) is 103 cm³/mol. The number of carbonyl (C=O) groups is 1. The average Bonchev–Trinajstić information content (AvgIpc) is 3.02. The Morgan fingerprint density at radius 2 is 1.87 bits per heavy atom. The molecular formula is C18H31F3N2O6S. The van der Waals surface area contributed by atoms with Crippen LogP contribution in [0.3, 0.4) is 0 Å². The maximum Gasteiger partial charge on any atom is 0.490 e. The molecule has 0 aromatic rings. The minimum absolute atomic E-state index is 0.0153. The number of aliphatic carboxylic acids is 1. The van der Waals surface area contributed by atoms with E-state index in [0.717, 1.165) is 64.4 Å². The molecular weight excluding hydrogens is 429 g/mol. The SMILES string of the molecule is CS(=O)(=O)NC[C@@H]1CCC[C@]2(CCN(CC3CCOCC3)C2)O1.O=C(O)C(F)(F)F. The highest BCUT2D eigenvalue weighted by Gasteiger charge is 2.43. The Morgan fingerprint density at radius 3 is 2.43 bits per heavy atom. The van der Waals surface area contributed by atoms with Gasteiger partial charge in [0.1, 0.15) is 0 Å². The third kappa shape index (κ3) is 8.66. The van der Waals surface area contributed by atoms with E-state index < -0.39 is 22.2 Å². The summed E-state index contributed by atoms with van der Waals surface area (Å²) >= 11 is 0. The highest BCUT2D eigenvalue weighted by atomic mass is 32.2. The smallest absolute Gasteiger partial charge is 0.475 e. The highest BCUT2D eigenvalue weighted by Crippen LogP contribution is 2.37. The van der Waals surface area contributed by atoms with Gasteiger partial charge in [-0.25, -0.2) is 17.9 Å². The van der Waals surface area contributed by atoms with Gasteiger partial charge in [-0.2, -0.15) is 13.2 Å². The topological polar surface area (TPSA) is 105 Å². The first-order valence-corrected chi connectivity index (χ1v) is 12.0. The van der Waals surface area contributed by atoms with Gasteiger partial charge in [0.2, 0.25) is 10.0 Å². The van der Waals surface area contributed by atoms with Gasteiger partial charge in [0, 0.05) is 39.4 Å². The lowest BCUT2D eigenvalue weighted by atomic mass is 9.90. The Kier molecular flexibility index (Phi) is 8.92. The maximum absolute atomic E-state index is 11.3. The molecule has 176 valence electrons. The van der Waals surface area contributed by atoms with Crippen LogP contribution in [-0.2, 0) is 24.3 Å². The summed E-state index contributed by atoms with van der Waals surface area (Å²) in [5.41, 5.74) is -0.0483. The zero-order valence-electron chi connectivity index (χ0n) is 17.1. The molecule has 2 N–H and O–H groups in total. The summed E-state index contributed by atoms with van der Waals surface area (Å²) in [4.78, 5) is 11.4. The van der Waals surface area contributed by atoms with Crippen molar-refractivity contribution in [3.05, 3.63) is 0 Å². The maximum atomic E-state index is 11.3. The van der Waals surface area contributed by atoms with Crippen LogP contribution in [0.2, 0.25) is 0 Å². The molecule has 0 amide bonds. The molecule has 0 radical (unpaired) electrons. The Hall–Kier alpha value is -0.950. The molecule has 0 bridgehead atoms. The molecule has 0 saturated carbocycles. The van der Waals surface area contributed by atoms with Crippen molar-refractivity contribution in [2.75, 3.05) is 45.6 Å². The summed E-state index contributed by atoms with van der Waals surface area (Å²) in [6.07, 6.45) is 2.73. The Balaban J connectivity index is 0.000000396. The lowest BCUT2D eigenvalue weighted by molar-refractivity contribution is -0.192. The highest BCUT2D eigenvalue weighted by molar-refractivity contribution is 7.88. The third-order valence-electron chi connectivity index (χ3n) is 5.64. The van der Waals surface area contributed by atoms with Crippen LogP contribution in [0, 0.1) is 5.92 Å². The molecule has 3 aliphatic rings. The van der Waals surface area contributed by atoms with E-state index in [-0.39, 0.29) is 11.7 Å². The normalized spacial score (nSPS) is 28.9. The van der Waals surface area contributed by atoms with Crippen molar-refractivity contribution in [1.29, 1.82) is 0 Å². The Morgan fingerprint density at radius 1 is 1.23 bits per heavy atom. The molecule has 3 saturated heterocycles. The molecule has 0 aliphatic carbocycles. The Labute approximate surface area is 175 Å². The summed E-state index contributed by atoms with van der Waals surface area (Å²) in [5, 5.41) is 7.12. The summed E-state index contributed by atoms with van der Waals surface area (Å²) in [5.74, 6) is -2.00. The number of ether oxygens (including phenoxy) is 2. The van der Waals surface area contributed by atoms with Crippen LogP contribution >= 0.6 is 0 Å². The summed E-state index contributed by atoms with van der Waals surface area (Å²) < 4.78 is 68.7. The molecule has 0 aromatic carbocycles. The Bertz CT molecular complexity index is 669. The summed E-state index contributed by atoms with van der Waals surface area (Å²) in [6, 6.07) is 0. The van der Waals surface area contributed by atoms with Crippen LogP contribution in [0.4, 0.5) is 13.2 Å². The number of sulfonamides is 1. The molecule has 1 spiro atoms. The standard InChI is InChI=1S/C16H30N2O4S.C2HF3O2/c1-23(19,20)17-11-15-3-2-6-16(22-15)7-8-18(13-16)12-14-4-9-21-10-5-14;3-2(4,5)1(6)7/h14-15,17H,2-13H2,1H3;(H,6,7)/t15-,16+;/m0./s1. The lowest BCUT2D eigenvalue weighted by Gasteiger charge is -2.39. The summed E-state index contributed by atoms with van der Waals surface area (Å²) in [7, 11) is -3.14. The van der Waals surface area contributed by atoms with Gasteiger partial charge in [0.05, 0.1) is 18.0 Å². The molecule has 8 nitrogen and oxygen atoms in total. The molecule has 3 rings (SSSR count). The van der Waals surface area contributed by atoms with Gasteiger partial charge in [-0.3, -0.25) is 0 Å². The van der Waals surface area contributed by atoms with Crippen molar-refractivity contribution < 1.29 is 41.0 Å². The zero-order chi connectivity index (χ0) is 22.4. The van der Waals surface area contributed by atoms with Gasteiger partial charge in [-0.1, -0.05) is 0 Å². The fourth-order valence-electron chi connectivity index (χ4n) is 4.19. The average molecular weight is 461 g/mol. The fourth-order valence-corrected chi connectivity index (χ4v) is 4.68. The van der Waals surface area contributed by atoms with Crippen LogP contribution in [0.1, 0.15) is 38.5 Å². The monoisotopic (exact) mass is 460 g/mol. The number of carboxylic acid groups (broad SMARTS) is 1. The largest absolute Gasteiger partial charge is 0.490 e. The van der Waals surface area contributed by atoms with E-state index in [1.807, 2.05) is 0 Å². The number of hydrogen-bond donors (Lipinski definition) is 2. The first-order chi connectivity index (χ1) is 13.9.